The monoisotopic (exact) mass is 312 g/mol. The maximum absolute atomic E-state index is 12.3. The number of rotatable bonds is 4. The molecular formula is C14H17BrO3. The number of aryl methyl sites for hydroxylation is 1. The molecule has 0 saturated heterocycles. The molecule has 18 heavy (non-hydrogen) atoms. The van der Waals surface area contributed by atoms with Crippen molar-refractivity contribution in [3.63, 3.8) is 0 Å². The molecule has 3 nitrogen and oxygen atoms in total. The van der Waals surface area contributed by atoms with Crippen LogP contribution in [0.4, 0.5) is 0 Å². The van der Waals surface area contributed by atoms with E-state index in [1.165, 1.54) is 0 Å². The Balaban J connectivity index is 3.05. The molecule has 0 spiro atoms. The molecule has 0 amide bonds. The van der Waals surface area contributed by atoms with Crippen LogP contribution in [0, 0.1) is 12.3 Å². The van der Waals surface area contributed by atoms with Gasteiger partial charge in [-0.25, -0.2) is 0 Å². The maximum Gasteiger partial charge on any atom is 0.319 e. The molecule has 4 heteroatoms. The van der Waals surface area contributed by atoms with Crippen molar-refractivity contribution in [1.82, 2.24) is 0 Å². The first-order chi connectivity index (χ1) is 8.30. The number of esters is 1. The molecule has 0 aliphatic heterocycles. The molecule has 1 aromatic rings. The van der Waals surface area contributed by atoms with Gasteiger partial charge in [0.2, 0.25) is 0 Å². The molecular weight excluding hydrogens is 296 g/mol. The van der Waals surface area contributed by atoms with Crippen LogP contribution in [0.25, 0.3) is 0 Å². The van der Waals surface area contributed by atoms with Crippen molar-refractivity contribution in [3.8, 4) is 0 Å². The number of ether oxygens (including phenoxy) is 1. The highest BCUT2D eigenvalue weighted by molar-refractivity contribution is 9.10. The van der Waals surface area contributed by atoms with Crippen molar-refractivity contribution >= 4 is 27.7 Å². The second kappa shape index (κ2) is 5.65. The van der Waals surface area contributed by atoms with E-state index in [9.17, 15) is 9.59 Å². The number of carbonyl (C=O) groups is 2. The minimum atomic E-state index is -1.16. The minimum Gasteiger partial charge on any atom is -0.465 e. The van der Waals surface area contributed by atoms with E-state index in [0.29, 0.717) is 5.56 Å². The second-order valence-electron chi connectivity index (χ2n) is 4.64. The lowest BCUT2D eigenvalue weighted by molar-refractivity contribution is -0.150. The van der Waals surface area contributed by atoms with Gasteiger partial charge in [-0.3, -0.25) is 9.59 Å². The lowest BCUT2D eigenvalue weighted by atomic mass is 9.84. The number of benzene rings is 1. The van der Waals surface area contributed by atoms with Crippen LogP contribution in [0.1, 0.15) is 36.7 Å². The van der Waals surface area contributed by atoms with Gasteiger partial charge in [0.1, 0.15) is 5.41 Å². The van der Waals surface area contributed by atoms with Crippen molar-refractivity contribution in [2.75, 3.05) is 6.61 Å². The van der Waals surface area contributed by atoms with Gasteiger partial charge in [0, 0.05) is 10.0 Å². The van der Waals surface area contributed by atoms with Crippen molar-refractivity contribution < 1.29 is 14.3 Å². The van der Waals surface area contributed by atoms with Crippen LogP contribution in [0.2, 0.25) is 0 Å². The summed E-state index contributed by atoms with van der Waals surface area (Å²) < 4.78 is 5.79. The summed E-state index contributed by atoms with van der Waals surface area (Å²) in [6, 6.07) is 5.31. The second-order valence-corrected chi connectivity index (χ2v) is 5.49. The van der Waals surface area contributed by atoms with E-state index in [4.69, 9.17) is 4.74 Å². The SMILES string of the molecule is CCOC(=O)C(C)(C)C(=O)c1ccc(C)c(Br)c1. The van der Waals surface area contributed by atoms with Crippen LogP contribution < -0.4 is 0 Å². The minimum absolute atomic E-state index is 0.235. The molecule has 0 unspecified atom stereocenters. The van der Waals surface area contributed by atoms with E-state index in [2.05, 4.69) is 15.9 Å². The van der Waals surface area contributed by atoms with Gasteiger partial charge in [-0.15, -0.1) is 0 Å². The van der Waals surface area contributed by atoms with Gasteiger partial charge in [0.05, 0.1) is 6.61 Å². The average Bonchev–Trinajstić information content (AvgIpc) is 2.32. The summed E-state index contributed by atoms with van der Waals surface area (Å²) >= 11 is 3.38. The third kappa shape index (κ3) is 2.99. The van der Waals surface area contributed by atoms with Crippen LogP contribution in [0.3, 0.4) is 0 Å². The van der Waals surface area contributed by atoms with E-state index in [0.717, 1.165) is 10.0 Å². The van der Waals surface area contributed by atoms with E-state index in [1.807, 2.05) is 13.0 Å². The van der Waals surface area contributed by atoms with Crippen molar-refractivity contribution in [3.05, 3.63) is 33.8 Å². The Bertz CT molecular complexity index is 478. The molecule has 0 bridgehead atoms. The third-order valence-electron chi connectivity index (χ3n) is 2.79. The van der Waals surface area contributed by atoms with Gasteiger partial charge in [-0.1, -0.05) is 28.1 Å². The first-order valence-corrected chi connectivity index (χ1v) is 6.58. The normalized spacial score (nSPS) is 11.2. The lowest BCUT2D eigenvalue weighted by Gasteiger charge is -2.21. The van der Waals surface area contributed by atoms with Gasteiger partial charge in [0.25, 0.3) is 0 Å². The van der Waals surface area contributed by atoms with Crippen LogP contribution >= 0.6 is 15.9 Å². The smallest absolute Gasteiger partial charge is 0.319 e. The van der Waals surface area contributed by atoms with Gasteiger partial charge < -0.3 is 4.74 Å². The molecule has 0 fully saturated rings. The predicted molar refractivity (Wildman–Crippen MR) is 73.6 cm³/mol. The maximum atomic E-state index is 12.3. The molecule has 0 aliphatic rings. The molecule has 0 heterocycles. The van der Waals surface area contributed by atoms with E-state index >= 15 is 0 Å². The summed E-state index contributed by atoms with van der Waals surface area (Å²) in [5, 5.41) is 0. The predicted octanol–water partition coefficient (Wildman–Crippen LogP) is 3.53. The summed E-state index contributed by atoms with van der Waals surface area (Å²) in [5.41, 5.74) is 0.385. The average molecular weight is 313 g/mol. The summed E-state index contributed by atoms with van der Waals surface area (Å²) in [7, 11) is 0. The standard InChI is InChI=1S/C14H17BrO3/c1-5-18-13(17)14(3,4)12(16)10-7-6-9(2)11(15)8-10/h6-8H,5H2,1-4H3. The first kappa shape index (κ1) is 14.9. The van der Waals surface area contributed by atoms with Crippen LogP contribution in [0.15, 0.2) is 22.7 Å². The fourth-order valence-electron chi connectivity index (χ4n) is 1.50. The first-order valence-electron chi connectivity index (χ1n) is 5.79. The fourth-order valence-corrected chi connectivity index (χ4v) is 1.88. The summed E-state index contributed by atoms with van der Waals surface area (Å²) in [5.74, 6) is -0.728. The Morgan fingerprint density at radius 3 is 2.44 bits per heavy atom. The van der Waals surface area contributed by atoms with Crippen molar-refractivity contribution in [1.29, 1.82) is 0 Å². The number of hydrogen-bond acceptors (Lipinski definition) is 3. The highest BCUT2D eigenvalue weighted by Gasteiger charge is 2.38. The Labute approximate surface area is 116 Å². The zero-order valence-corrected chi connectivity index (χ0v) is 12.6. The van der Waals surface area contributed by atoms with Gasteiger partial charge in [0.15, 0.2) is 5.78 Å². The topological polar surface area (TPSA) is 43.4 Å². The number of Topliss-reactive ketones (excluding diaryl/α,β-unsaturated/α-hetero) is 1. The van der Waals surface area contributed by atoms with Crippen molar-refractivity contribution in [2.45, 2.75) is 27.7 Å². The fraction of sp³-hybridized carbons (Fsp3) is 0.429. The van der Waals surface area contributed by atoms with Crippen molar-refractivity contribution in [2.24, 2.45) is 5.41 Å². The van der Waals surface area contributed by atoms with E-state index in [-0.39, 0.29) is 12.4 Å². The molecule has 0 saturated carbocycles. The number of carbonyl (C=O) groups excluding carboxylic acids is 2. The number of ketones is 1. The lowest BCUT2D eigenvalue weighted by Crippen LogP contribution is -2.35. The third-order valence-corrected chi connectivity index (χ3v) is 3.64. The summed E-state index contributed by atoms with van der Waals surface area (Å²) in [4.78, 5) is 24.1. The van der Waals surface area contributed by atoms with Crippen LogP contribution in [-0.2, 0) is 9.53 Å². The molecule has 98 valence electrons. The Hall–Kier alpha value is -1.16. The van der Waals surface area contributed by atoms with Crippen LogP contribution in [0.5, 0.6) is 0 Å². The molecule has 0 atom stereocenters. The summed E-state index contributed by atoms with van der Waals surface area (Å²) in [6.07, 6.45) is 0. The highest BCUT2D eigenvalue weighted by atomic mass is 79.9. The Morgan fingerprint density at radius 2 is 1.94 bits per heavy atom. The molecule has 0 aromatic heterocycles. The Morgan fingerprint density at radius 1 is 1.33 bits per heavy atom. The molecule has 0 aliphatic carbocycles. The van der Waals surface area contributed by atoms with Gasteiger partial charge in [-0.2, -0.15) is 0 Å². The zero-order chi connectivity index (χ0) is 13.9. The molecule has 1 rings (SSSR count). The molecule has 0 radical (unpaired) electrons. The van der Waals surface area contributed by atoms with E-state index < -0.39 is 11.4 Å². The summed E-state index contributed by atoms with van der Waals surface area (Å²) in [6.45, 7) is 7.10. The highest BCUT2D eigenvalue weighted by Crippen LogP contribution is 2.26. The number of hydrogen-bond donors (Lipinski definition) is 0. The zero-order valence-electron chi connectivity index (χ0n) is 11.0. The Kier molecular flexibility index (Phi) is 4.68. The van der Waals surface area contributed by atoms with Crippen LogP contribution in [-0.4, -0.2) is 18.4 Å². The number of halogens is 1. The van der Waals surface area contributed by atoms with Gasteiger partial charge >= 0.3 is 5.97 Å². The van der Waals surface area contributed by atoms with E-state index in [1.54, 1.807) is 32.9 Å². The quantitative estimate of drug-likeness (QED) is 0.485. The largest absolute Gasteiger partial charge is 0.465 e. The van der Waals surface area contributed by atoms with Gasteiger partial charge in [-0.05, 0) is 39.3 Å². The molecule has 1 aromatic carbocycles. The molecule has 0 N–H and O–H groups in total.